The van der Waals surface area contributed by atoms with Crippen LogP contribution in [0.4, 0.5) is 0 Å². The first-order valence-corrected chi connectivity index (χ1v) is 11.0. The monoisotopic (exact) mass is 438 g/mol. The number of nitrogens with zero attached hydrogens (tertiary/aromatic N) is 2. The Morgan fingerprint density at radius 2 is 1.81 bits per heavy atom. The van der Waals surface area contributed by atoms with Crippen LogP contribution in [0.2, 0.25) is 0 Å². The van der Waals surface area contributed by atoms with E-state index < -0.39 is 11.4 Å². The summed E-state index contributed by atoms with van der Waals surface area (Å²) in [6, 6.07) is 14.6. The van der Waals surface area contributed by atoms with Crippen molar-refractivity contribution < 1.29 is 14.3 Å². The lowest BCUT2D eigenvalue weighted by Crippen LogP contribution is -2.26. The molecule has 0 aliphatic rings. The fourth-order valence-electron chi connectivity index (χ4n) is 2.99. The first kappa shape index (κ1) is 22.7. The number of hydrogen-bond donors (Lipinski definition) is 0. The maximum absolute atomic E-state index is 13.3. The Balaban J connectivity index is 2.02. The van der Waals surface area contributed by atoms with E-state index in [1.54, 1.807) is 22.8 Å². The van der Waals surface area contributed by atoms with Crippen molar-refractivity contribution in [2.24, 2.45) is 5.41 Å². The zero-order chi connectivity index (χ0) is 22.6. The van der Waals surface area contributed by atoms with Gasteiger partial charge in [-0.1, -0.05) is 62.9 Å². The van der Waals surface area contributed by atoms with E-state index in [9.17, 15) is 14.4 Å². The molecule has 0 unspecified atom stereocenters. The molecule has 0 fully saturated rings. The number of ketones is 1. The molecular weight excluding hydrogens is 412 g/mol. The van der Waals surface area contributed by atoms with Crippen molar-refractivity contribution in [3.8, 4) is 0 Å². The molecule has 2 aromatic carbocycles. The topological polar surface area (TPSA) is 78.3 Å². The molecule has 0 aliphatic heterocycles. The number of fused-ring (bicyclic) bond motifs is 1. The SMILES string of the molecule is COC(=O)c1ccc2c(=O)n(CCc3ccccc3)c(SCC(=O)C(C)(C)C)nc2c1. The van der Waals surface area contributed by atoms with E-state index in [4.69, 9.17) is 4.74 Å². The van der Waals surface area contributed by atoms with E-state index in [0.717, 1.165) is 5.56 Å². The first-order chi connectivity index (χ1) is 14.7. The number of esters is 1. The molecule has 0 bridgehead atoms. The summed E-state index contributed by atoms with van der Waals surface area (Å²) in [4.78, 5) is 42.3. The molecule has 7 heteroatoms. The van der Waals surface area contributed by atoms with Crippen molar-refractivity contribution in [2.45, 2.75) is 38.9 Å². The van der Waals surface area contributed by atoms with Gasteiger partial charge >= 0.3 is 5.97 Å². The van der Waals surface area contributed by atoms with Crippen LogP contribution in [0.25, 0.3) is 10.9 Å². The lowest BCUT2D eigenvalue weighted by atomic mass is 9.92. The maximum atomic E-state index is 13.3. The minimum absolute atomic E-state index is 0.0739. The Morgan fingerprint density at radius 3 is 2.45 bits per heavy atom. The van der Waals surface area contributed by atoms with Gasteiger partial charge in [-0.2, -0.15) is 0 Å². The van der Waals surface area contributed by atoms with E-state index in [1.165, 1.54) is 18.9 Å². The molecule has 31 heavy (non-hydrogen) atoms. The third-order valence-electron chi connectivity index (χ3n) is 4.98. The number of carbonyl (C=O) groups is 2. The molecular formula is C24H26N2O4S. The van der Waals surface area contributed by atoms with Gasteiger partial charge in [0.25, 0.3) is 5.56 Å². The number of thioether (sulfide) groups is 1. The summed E-state index contributed by atoms with van der Waals surface area (Å²) in [5, 5.41) is 0.889. The number of aryl methyl sites for hydroxylation is 1. The number of methoxy groups -OCH3 is 1. The number of rotatable bonds is 7. The van der Waals surface area contributed by atoms with E-state index >= 15 is 0 Å². The third kappa shape index (κ3) is 5.41. The zero-order valence-corrected chi connectivity index (χ0v) is 19.0. The lowest BCUT2D eigenvalue weighted by molar-refractivity contribution is -0.123. The van der Waals surface area contributed by atoms with Crippen molar-refractivity contribution in [3.63, 3.8) is 0 Å². The number of aromatic nitrogens is 2. The molecule has 0 atom stereocenters. The lowest BCUT2D eigenvalue weighted by Gasteiger charge is -2.17. The number of hydrogen-bond acceptors (Lipinski definition) is 6. The standard InChI is InChI=1S/C24H26N2O4S/c1-24(2,3)20(27)15-31-23-25-19-14-17(22(29)30-4)10-11-18(19)21(28)26(23)13-12-16-8-6-5-7-9-16/h5-11,14H,12-13,15H2,1-4H3. The highest BCUT2D eigenvalue weighted by Crippen LogP contribution is 2.24. The van der Waals surface area contributed by atoms with Gasteiger partial charge in [0, 0.05) is 12.0 Å². The van der Waals surface area contributed by atoms with Gasteiger partial charge in [-0.3, -0.25) is 14.2 Å². The summed E-state index contributed by atoms with van der Waals surface area (Å²) in [6.45, 7) is 6.05. The number of carbonyl (C=O) groups excluding carboxylic acids is 2. The second-order valence-corrected chi connectivity index (χ2v) is 9.21. The minimum Gasteiger partial charge on any atom is -0.465 e. The Bertz CT molecular complexity index is 1160. The molecule has 0 saturated carbocycles. The van der Waals surface area contributed by atoms with Gasteiger partial charge in [0.2, 0.25) is 0 Å². The summed E-state index contributed by atoms with van der Waals surface area (Å²) < 4.78 is 6.39. The molecule has 1 heterocycles. The third-order valence-corrected chi connectivity index (χ3v) is 5.95. The van der Waals surface area contributed by atoms with Crippen LogP contribution in [0, 0.1) is 5.41 Å². The van der Waals surface area contributed by atoms with Crippen molar-refractivity contribution in [1.82, 2.24) is 9.55 Å². The van der Waals surface area contributed by atoms with Gasteiger partial charge < -0.3 is 4.74 Å². The smallest absolute Gasteiger partial charge is 0.337 e. The van der Waals surface area contributed by atoms with Crippen LogP contribution >= 0.6 is 11.8 Å². The van der Waals surface area contributed by atoms with Crippen molar-refractivity contribution >= 4 is 34.4 Å². The van der Waals surface area contributed by atoms with Crippen LogP contribution in [0.3, 0.4) is 0 Å². The average molecular weight is 439 g/mol. The van der Waals surface area contributed by atoms with E-state index in [-0.39, 0.29) is 17.1 Å². The van der Waals surface area contributed by atoms with Crippen molar-refractivity contribution in [3.05, 3.63) is 70.0 Å². The predicted molar refractivity (Wildman–Crippen MR) is 123 cm³/mol. The quantitative estimate of drug-likeness (QED) is 0.314. The number of ether oxygens (including phenoxy) is 1. The summed E-state index contributed by atoms with van der Waals surface area (Å²) in [5.74, 6) is -0.206. The molecule has 3 aromatic rings. The second-order valence-electron chi connectivity index (χ2n) is 8.27. The first-order valence-electron chi connectivity index (χ1n) is 10.0. The summed E-state index contributed by atoms with van der Waals surface area (Å²) in [7, 11) is 1.31. The molecule has 0 aliphatic carbocycles. The van der Waals surface area contributed by atoms with Crippen LogP contribution in [-0.2, 0) is 22.5 Å². The van der Waals surface area contributed by atoms with Gasteiger partial charge in [0.15, 0.2) is 5.16 Å². The Labute approximate surface area is 185 Å². The van der Waals surface area contributed by atoms with Crippen molar-refractivity contribution in [2.75, 3.05) is 12.9 Å². The highest BCUT2D eigenvalue weighted by Gasteiger charge is 2.22. The zero-order valence-electron chi connectivity index (χ0n) is 18.2. The van der Waals surface area contributed by atoms with E-state index in [1.807, 2.05) is 51.1 Å². The van der Waals surface area contributed by atoms with Crippen LogP contribution in [0.5, 0.6) is 0 Å². The Kier molecular flexibility index (Phi) is 6.95. The number of benzene rings is 2. The fourth-order valence-corrected chi connectivity index (χ4v) is 4.17. The van der Waals surface area contributed by atoms with Crippen LogP contribution in [0.15, 0.2) is 58.5 Å². The summed E-state index contributed by atoms with van der Waals surface area (Å²) in [6.07, 6.45) is 0.662. The Hall–Kier alpha value is -2.93. The Morgan fingerprint density at radius 1 is 1.10 bits per heavy atom. The molecule has 0 amide bonds. The second kappa shape index (κ2) is 9.47. The maximum Gasteiger partial charge on any atom is 0.337 e. The summed E-state index contributed by atoms with van der Waals surface area (Å²) in [5.41, 5.74) is 1.18. The summed E-state index contributed by atoms with van der Waals surface area (Å²) >= 11 is 1.25. The van der Waals surface area contributed by atoms with Gasteiger partial charge in [-0.15, -0.1) is 0 Å². The van der Waals surface area contributed by atoms with Gasteiger partial charge in [0.05, 0.1) is 29.3 Å². The van der Waals surface area contributed by atoms with Gasteiger partial charge in [-0.25, -0.2) is 9.78 Å². The minimum atomic E-state index is -0.492. The van der Waals surface area contributed by atoms with Gasteiger partial charge in [-0.05, 0) is 30.2 Å². The highest BCUT2D eigenvalue weighted by atomic mass is 32.2. The van der Waals surface area contributed by atoms with Crippen LogP contribution < -0.4 is 5.56 Å². The highest BCUT2D eigenvalue weighted by molar-refractivity contribution is 7.99. The molecule has 6 nitrogen and oxygen atoms in total. The molecule has 162 valence electrons. The molecule has 0 saturated heterocycles. The van der Waals surface area contributed by atoms with E-state index in [2.05, 4.69) is 4.98 Å². The van der Waals surface area contributed by atoms with Crippen molar-refractivity contribution in [1.29, 1.82) is 0 Å². The average Bonchev–Trinajstić information content (AvgIpc) is 2.76. The van der Waals surface area contributed by atoms with Crippen LogP contribution in [0.1, 0.15) is 36.7 Å². The molecule has 0 N–H and O–H groups in total. The molecule has 3 rings (SSSR count). The normalized spacial score (nSPS) is 11.5. The van der Waals surface area contributed by atoms with E-state index in [0.29, 0.717) is 34.6 Å². The molecule has 1 aromatic heterocycles. The number of Topliss-reactive ketones (excluding diaryl/α,β-unsaturated/α-hetero) is 1. The fraction of sp³-hybridized carbons (Fsp3) is 0.333. The van der Waals surface area contributed by atoms with Crippen LogP contribution in [-0.4, -0.2) is 34.2 Å². The predicted octanol–water partition coefficient (Wildman–Crippen LogP) is 4.13. The van der Waals surface area contributed by atoms with Gasteiger partial charge in [0.1, 0.15) is 5.78 Å². The largest absolute Gasteiger partial charge is 0.465 e. The molecule has 0 radical (unpaired) electrons. The molecule has 0 spiro atoms.